The van der Waals surface area contributed by atoms with Crippen molar-refractivity contribution in [2.75, 3.05) is 20.3 Å². The van der Waals surface area contributed by atoms with E-state index in [1.54, 1.807) is 18.2 Å². The number of carbonyl (C=O) groups excluding carboxylic acids is 2. The quantitative estimate of drug-likeness (QED) is 0.212. The number of carbonyl (C=O) groups is 2. The minimum Gasteiger partial charge on any atom is -0.507 e. The zero-order chi connectivity index (χ0) is 24.3. The Balaban J connectivity index is 2.12. The van der Waals surface area contributed by atoms with Crippen molar-refractivity contribution in [2.24, 2.45) is 0 Å². The Bertz CT molecular complexity index is 1110. The molecule has 0 unspecified atom stereocenters. The van der Waals surface area contributed by atoms with Crippen molar-refractivity contribution in [3.8, 4) is 5.75 Å². The Morgan fingerprint density at radius 2 is 1.85 bits per heavy atom. The lowest BCUT2D eigenvalue weighted by Crippen LogP contribution is -2.32. The molecule has 0 aromatic heterocycles. The number of ketones is 1. The number of aliphatic hydroxyl groups excluding tert-OH is 1. The number of methoxy groups -OCH3 is 1. The van der Waals surface area contributed by atoms with Gasteiger partial charge in [0.25, 0.3) is 17.4 Å². The second-order valence-corrected chi connectivity index (χ2v) is 7.98. The van der Waals surface area contributed by atoms with Crippen molar-refractivity contribution in [1.29, 1.82) is 0 Å². The molecule has 1 saturated heterocycles. The first kappa shape index (κ1) is 23.9. The van der Waals surface area contributed by atoms with Gasteiger partial charge in [-0.1, -0.05) is 0 Å². The van der Waals surface area contributed by atoms with Crippen molar-refractivity contribution in [2.45, 2.75) is 32.9 Å². The third-order valence-corrected chi connectivity index (χ3v) is 5.31. The van der Waals surface area contributed by atoms with E-state index in [1.807, 2.05) is 20.8 Å². The van der Waals surface area contributed by atoms with Crippen LogP contribution in [0.1, 0.15) is 36.6 Å². The van der Waals surface area contributed by atoms with E-state index in [9.17, 15) is 24.8 Å². The summed E-state index contributed by atoms with van der Waals surface area (Å²) in [4.78, 5) is 37.6. The van der Waals surface area contributed by atoms with E-state index < -0.39 is 22.7 Å². The van der Waals surface area contributed by atoms with Gasteiger partial charge in [0.1, 0.15) is 11.5 Å². The van der Waals surface area contributed by atoms with Crippen LogP contribution in [0.15, 0.2) is 48.0 Å². The van der Waals surface area contributed by atoms with Gasteiger partial charge in [0, 0.05) is 31.4 Å². The number of aryl methyl sites for hydroxylation is 1. The Hall–Kier alpha value is -3.72. The molecule has 9 heteroatoms. The van der Waals surface area contributed by atoms with Crippen LogP contribution in [-0.4, -0.2) is 53.0 Å². The minimum atomic E-state index is -0.909. The number of Topliss-reactive ketones (excluding diaryl/α,β-unsaturated/α-hetero) is 1. The van der Waals surface area contributed by atoms with Crippen molar-refractivity contribution < 1.29 is 29.1 Å². The Morgan fingerprint density at radius 1 is 1.18 bits per heavy atom. The molecular weight excluding hydrogens is 428 g/mol. The van der Waals surface area contributed by atoms with Crippen molar-refractivity contribution in [1.82, 2.24) is 4.90 Å². The van der Waals surface area contributed by atoms with E-state index in [0.717, 1.165) is 5.56 Å². The maximum Gasteiger partial charge on any atom is 0.295 e. The fourth-order valence-electron chi connectivity index (χ4n) is 3.76. The number of non-ortho nitro benzene ring substituents is 1. The highest BCUT2D eigenvalue weighted by Crippen LogP contribution is 2.40. The molecule has 2 aromatic carbocycles. The van der Waals surface area contributed by atoms with Crippen molar-refractivity contribution in [3.63, 3.8) is 0 Å². The van der Waals surface area contributed by atoms with Gasteiger partial charge in [-0.15, -0.1) is 0 Å². The smallest absolute Gasteiger partial charge is 0.295 e. The maximum atomic E-state index is 13.0. The highest BCUT2D eigenvalue weighted by Gasteiger charge is 2.46. The third kappa shape index (κ3) is 4.88. The Morgan fingerprint density at radius 3 is 2.39 bits per heavy atom. The SMILES string of the molecule is COCCN1C(=O)C(=O)C(=C(O)c2ccc(OC(C)C)c(C)c2)[C@H]1c1ccc([N+](=O)[O-])cc1. The van der Waals surface area contributed by atoms with Gasteiger partial charge in [-0.2, -0.15) is 0 Å². The number of nitro benzene ring substituents is 1. The van der Waals surface area contributed by atoms with Gasteiger partial charge in [-0.3, -0.25) is 19.7 Å². The van der Waals surface area contributed by atoms with E-state index in [2.05, 4.69) is 0 Å². The summed E-state index contributed by atoms with van der Waals surface area (Å²) in [5.41, 5.74) is 1.38. The molecule has 1 aliphatic heterocycles. The highest BCUT2D eigenvalue weighted by molar-refractivity contribution is 6.46. The summed E-state index contributed by atoms with van der Waals surface area (Å²) in [6.07, 6.45) is -0.0311. The van der Waals surface area contributed by atoms with Gasteiger partial charge in [-0.25, -0.2) is 0 Å². The topological polar surface area (TPSA) is 119 Å². The molecule has 1 amide bonds. The number of rotatable bonds is 8. The number of benzene rings is 2. The molecule has 0 aliphatic carbocycles. The molecule has 1 heterocycles. The molecule has 0 saturated carbocycles. The largest absolute Gasteiger partial charge is 0.507 e. The number of amides is 1. The Kier molecular flexibility index (Phi) is 7.13. The van der Waals surface area contributed by atoms with E-state index >= 15 is 0 Å². The first-order chi connectivity index (χ1) is 15.6. The summed E-state index contributed by atoms with van der Waals surface area (Å²) in [6, 6.07) is 9.65. The summed E-state index contributed by atoms with van der Waals surface area (Å²) < 4.78 is 10.8. The lowest BCUT2D eigenvalue weighted by Gasteiger charge is -2.25. The molecule has 1 fully saturated rings. The van der Waals surface area contributed by atoms with Crippen LogP contribution >= 0.6 is 0 Å². The second-order valence-electron chi connectivity index (χ2n) is 7.98. The maximum absolute atomic E-state index is 13.0. The first-order valence-electron chi connectivity index (χ1n) is 10.4. The zero-order valence-electron chi connectivity index (χ0n) is 18.9. The standard InChI is InChI=1S/C24H26N2O7/c1-14(2)33-19-10-7-17(13-15(19)3)22(27)20-21(16-5-8-18(9-6-16)26(30)31)25(11-12-32-4)24(29)23(20)28/h5-10,13-14,21,27H,11-12H2,1-4H3/t21-/m1/s1. The summed E-state index contributed by atoms with van der Waals surface area (Å²) >= 11 is 0. The van der Waals surface area contributed by atoms with Gasteiger partial charge in [-0.05, 0) is 62.2 Å². The van der Waals surface area contributed by atoms with Crippen LogP contribution in [0.25, 0.3) is 5.76 Å². The molecule has 9 nitrogen and oxygen atoms in total. The first-order valence-corrected chi connectivity index (χ1v) is 10.4. The van der Waals surface area contributed by atoms with Gasteiger partial charge >= 0.3 is 0 Å². The number of aliphatic hydroxyl groups is 1. The van der Waals surface area contributed by atoms with Gasteiger partial charge in [0.15, 0.2) is 0 Å². The van der Waals surface area contributed by atoms with Crippen LogP contribution in [-0.2, 0) is 14.3 Å². The van der Waals surface area contributed by atoms with Gasteiger partial charge < -0.3 is 19.5 Å². The summed E-state index contributed by atoms with van der Waals surface area (Å²) in [7, 11) is 1.47. The number of nitro groups is 1. The van der Waals surface area contributed by atoms with E-state index in [1.165, 1.54) is 36.3 Å². The monoisotopic (exact) mass is 454 g/mol. The van der Waals surface area contributed by atoms with Crippen LogP contribution in [0, 0.1) is 17.0 Å². The van der Waals surface area contributed by atoms with Crippen molar-refractivity contribution in [3.05, 3.63) is 74.8 Å². The molecule has 1 aliphatic rings. The summed E-state index contributed by atoms with van der Waals surface area (Å²) in [5, 5.41) is 22.2. The lowest BCUT2D eigenvalue weighted by atomic mass is 9.94. The number of ether oxygens (including phenoxy) is 2. The second kappa shape index (κ2) is 9.83. The molecule has 0 bridgehead atoms. The van der Waals surface area contributed by atoms with E-state index in [0.29, 0.717) is 16.9 Å². The van der Waals surface area contributed by atoms with Crippen LogP contribution < -0.4 is 4.74 Å². The average molecular weight is 454 g/mol. The number of nitrogens with zero attached hydrogens (tertiary/aromatic N) is 2. The molecule has 1 N–H and O–H groups in total. The van der Waals surface area contributed by atoms with Crippen molar-refractivity contribution >= 4 is 23.1 Å². The van der Waals surface area contributed by atoms with Gasteiger partial charge in [0.2, 0.25) is 0 Å². The van der Waals surface area contributed by atoms with Crippen LogP contribution in [0.2, 0.25) is 0 Å². The van der Waals surface area contributed by atoms with Crippen LogP contribution in [0.5, 0.6) is 5.75 Å². The molecule has 1 atom stereocenters. The molecule has 0 radical (unpaired) electrons. The van der Waals surface area contributed by atoms with Crippen LogP contribution in [0.4, 0.5) is 5.69 Å². The molecule has 0 spiro atoms. The minimum absolute atomic E-state index is 0.0311. The number of hydrogen-bond acceptors (Lipinski definition) is 7. The summed E-state index contributed by atoms with van der Waals surface area (Å²) in [6.45, 7) is 5.91. The fraction of sp³-hybridized carbons (Fsp3) is 0.333. The molecule has 3 rings (SSSR count). The highest BCUT2D eigenvalue weighted by atomic mass is 16.6. The third-order valence-electron chi connectivity index (χ3n) is 5.31. The lowest BCUT2D eigenvalue weighted by molar-refractivity contribution is -0.384. The van der Waals surface area contributed by atoms with E-state index in [-0.39, 0.29) is 36.3 Å². The molecule has 174 valence electrons. The van der Waals surface area contributed by atoms with Gasteiger partial charge in [0.05, 0.1) is 29.2 Å². The molecule has 2 aromatic rings. The normalized spacial score (nSPS) is 17.6. The molecule has 33 heavy (non-hydrogen) atoms. The number of likely N-dealkylation sites (tertiary alicyclic amines) is 1. The molecular formula is C24H26N2O7. The average Bonchev–Trinajstić information content (AvgIpc) is 3.03. The Labute approximate surface area is 191 Å². The van der Waals surface area contributed by atoms with Crippen LogP contribution in [0.3, 0.4) is 0 Å². The van der Waals surface area contributed by atoms with E-state index in [4.69, 9.17) is 9.47 Å². The summed E-state index contributed by atoms with van der Waals surface area (Å²) in [5.74, 6) is -1.27. The fourth-order valence-corrected chi connectivity index (χ4v) is 3.76. The predicted molar refractivity (Wildman–Crippen MR) is 121 cm³/mol. The number of hydrogen-bond donors (Lipinski definition) is 1. The zero-order valence-corrected chi connectivity index (χ0v) is 18.9. The predicted octanol–water partition coefficient (Wildman–Crippen LogP) is 3.76.